The van der Waals surface area contributed by atoms with Crippen molar-refractivity contribution in [3.63, 3.8) is 0 Å². The number of benzene rings is 2. The number of urea groups is 1. The zero-order valence-corrected chi connectivity index (χ0v) is 16.2. The molecule has 0 bridgehead atoms. The Labute approximate surface area is 156 Å². The quantitative estimate of drug-likeness (QED) is 0.864. The molecule has 4 heteroatoms. The number of hydrogen-bond acceptors (Lipinski definition) is 2. The molecule has 4 nitrogen and oxygen atoms in total. The van der Waals surface area contributed by atoms with E-state index in [2.05, 4.69) is 62.2 Å². The summed E-state index contributed by atoms with van der Waals surface area (Å²) in [7, 11) is 0. The Bertz CT molecular complexity index is 777. The van der Waals surface area contributed by atoms with Crippen LogP contribution < -0.4 is 10.2 Å². The van der Waals surface area contributed by atoms with E-state index in [0.717, 1.165) is 31.9 Å². The molecule has 1 aliphatic heterocycles. The van der Waals surface area contributed by atoms with Crippen molar-refractivity contribution in [2.75, 3.05) is 36.4 Å². The molecule has 2 aromatic rings. The van der Waals surface area contributed by atoms with E-state index in [1.807, 2.05) is 23.1 Å². The van der Waals surface area contributed by atoms with Crippen LogP contribution in [0.4, 0.5) is 16.2 Å². The molecule has 138 valence electrons. The van der Waals surface area contributed by atoms with Gasteiger partial charge in [-0.05, 0) is 48.6 Å². The van der Waals surface area contributed by atoms with Gasteiger partial charge in [0.2, 0.25) is 0 Å². The average Bonchev–Trinajstić information content (AvgIpc) is 2.64. The third-order valence-electron chi connectivity index (χ3n) is 5.31. The van der Waals surface area contributed by atoms with E-state index < -0.39 is 0 Å². The second-order valence-electron chi connectivity index (χ2n) is 7.37. The van der Waals surface area contributed by atoms with Gasteiger partial charge in [-0.1, -0.05) is 44.2 Å². The number of anilines is 2. The van der Waals surface area contributed by atoms with Gasteiger partial charge >= 0.3 is 6.03 Å². The minimum atomic E-state index is -0.00119. The van der Waals surface area contributed by atoms with Crippen molar-refractivity contribution >= 4 is 17.4 Å². The minimum absolute atomic E-state index is 0.00119. The summed E-state index contributed by atoms with van der Waals surface area (Å²) in [5.74, 6) is 0.382. The predicted octanol–water partition coefficient (Wildman–Crippen LogP) is 4.78. The van der Waals surface area contributed by atoms with Crippen LogP contribution in [0.2, 0.25) is 0 Å². The normalized spacial score (nSPS) is 14.7. The SMILES string of the molecule is Cc1cccc(N2CCN(C(=O)Nc3ccccc3C(C)C)CC2)c1C. The predicted molar refractivity (Wildman–Crippen MR) is 109 cm³/mol. The van der Waals surface area contributed by atoms with Gasteiger partial charge in [-0.25, -0.2) is 4.79 Å². The summed E-state index contributed by atoms with van der Waals surface area (Å²) in [5, 5.41) is 3.11. The van der Waals surface area contributed by atoms with E-state index in [1.165, 1.54) is 22.4 Å². The second-order valence-corrected chi connectivity index (χ2v) is 7.37. The van der Waals surface area contributed by atoms with Gasteiger partial charge in [0.05, 0.1) is 0 Å². The third kappa shape index (κ3) is 3.85. The monoisotopic (exact) mass is 351 g/mol. The molecule has 0 aliphatic carbocycles. The van der Waals surface area contributed by atoms with Gasteiger partial charge in [0.1, 0.15) is 0 Å². The zero-order valence-electron chi connectivity index (χ0n) is 16.2. The lowest BCUT2D eigenvalue weighted by atomic mass is 10.0. The van der Waals surface area contributed by atoms with Crippen molar-refractivity contribution in [3.05, 3.63) is 59.2 Å². The summed E-state index contributed by atoms with van der Waals surface area (Å²) in [6.07, 6.45) is 0. The number of para-hydroxylation sites is 1. The highest BCUT2D eigenvalue weighted by atomic mass is 16.2. The molecule has 0 spiro atoms. The number of aryl methyl sites for hydroxylation is 1. The Morgan fingerprint density at radius 2 is 1.65 bits per heavy atom. The van der Waals surface area contributed by atoms with Crippen LogP contribution in [0.15, 0.2) is 42.5 Å². The van der Waals surface area contributed by atoms with Gasteiger partial charge in [0.15, 0.2) is 0 Å². The summed E-state index contributed by atoms with van der Waals surface area (Å²) in [4.78, 5) is 17.0. The standard InChI is InChI=1S/C22H29N3O/c1-16(2)19-9-5-6-10-20(19)23-22(26)25-14-12-24(13-15-25)21-11-7-8-17(3)18(21)4/h5-11,16H,12-15H2,1-4H3,(H,23,26). The Morgan fingerprint density at radius 3 is 2.35 bits per heavy atom. The highest BCUT2D eigenvalue weighted by Gasteiger charge is 2.23. The van der Waals surface area contributed by atoms with E-state index in [0.29, 0.717) is 5.92 Å². The van der Waals surface area contributed by atoms with Crippen molar-refractivity contribution in [2.24, 2.45) is 0 Å². The first-order valence-electron chi connectivity index (χ1n) is 9.43. The van der Waals surface area contributed by atoms with Crippen molar-refractivity contribution in [3.8, 4) is 0 Å². The number of nitrogens with zero attached hydrogens (tertiary/aromatic N) is 2. The van der Waals surface area contributed by atoms with Gasteiger partial charge in [-0.3, -0.25) is 0 Å². The summed E-state index contributed by atoms with van der Waals surface area (Å²) >= 11 is 0. The molecule has 0 saturated carbocycles. The van der Waals surface area contributed by atoms with Gasteiger partial charge in [0, 0.05) is 37.6 Å². The van der Waals surface area contributed by atoms with E-state index in [9.17, 15) is 4.79 Å². The van der Waals surface area contributed by atoms with E-state index in [1.54, 1.807) is 0 Å². The molecular formula is C22H29N3O. The molecule has 1 fully saturated rings. The fourth-order valence-electron chi connectivity index (χ4n) is 3.54. The third-order valence-corrected chi connectivity index (χ3v) is 5.31. The Hall–Kier alpha value is -2.49. The number of amides is 2. The van der Waals surface area contributed by atoms with Gasteiger partial charge in [-0.2, -0.15) is 0 Å². The largest absolute Gasteiger partial charge is 0.368 e. The van der Waals surface area contributed by atoms with E-state index >= 15 is 0 Å². The Morgan fingerprint density at radius 1 is 0.962 bits per heavy atom. The number of carbonyl (C=O) groups is 1. The van der Waals surface area contributed by atoms with Crippen LogP contribution in [0.5, 0.6) is 0 Å². The van der Waals surface area contributed by atoms with Crippen LogP contribution in [0.25, 0.3) is 0 Å². The topological polar surface area (TPSA) is 35.6 Å². The number of rotatable bonds is 3. The maximum atomic E-state index is 12.7. The van der Waals surface area contributed by atoms with Crippen molar-refractivity contribution < 1.29 is 4.79 Å². The minimum Gasteiger partial charge on any atom is -0.368 e. The first-order valence-corrected chi connectivity index (χ1v) is 9.43. The summed E-state index contributed by atoms with van der Waals surface area (Å²) in [5.41, 5.74) is 6.03. The van der Waals surface area contributed by atoms with Gasteiger partial charge in [-0.15, -0.1) is 0 Å². The highest BCUT2D eigenvalue weighted by Crippen LogP contribution is 2.26. The molecule has 3 rings (SSSR count). The van der Waals surface area contributed by atoms with Crippen LogP contribution in [-0.2, 0) is 0 Å². The maximum absolute atomic E-state index is 12.7. The molecule has 2 amide bonds. The van der Waals surface area contributed by atoms with Crippen LogP contribution in [0.3, 0.4) is 0 Å². The van der Waals surface area contributed by atoms with Crippen LogP contribution in [-0.4, -0.2) is 37.1 Å². The molecule has 1 aliphatic rings. The fraction of sp³-hybridized carbons (Fsp3) is 0.409. The summed E-state index contributed by atoms with van der Waals surface area (Å²) in [6.45, 7) is 11.8. The molecule has 0 radical (unpaired) electrons. The molecule has 1 N–H and O–H groups in total. The van der Waals surface area contributed by atoms with Crippen LogP contribution in [0, 0.1) is 13.8 Å². The Kier molecular flexibility index (Phi) is 5.50. The highest BCUT2D eigenvalue weighted by molar-refractivity contribution is 5.90. The number of nitrogens with one attached hydrogen (secondary N) is 1. The number of hydrogen-bond donors (Lipinski definition) is 1. The van der Waals surface area contributed by atoms with Crippen molar-refractivity contribution in [2.45, 2.75) is 33.6 Å². The first-order chi connectivity index (χ1) is 12.5. The zero-order chi connectivity index (χ0) is 18.7. The average molecular weight is 351 g/mol. The molecular weight excluding hydrogens is 322 g/mol. The molecule has 0 unspecified atom stereocenters. The molecule has 1 saturated heterocycles. The lowest BCUT2D eigenvalue weighted by Gasteiger charge is -2.37. The second kappa shape index (κ2) is 7.81. The number of piperazine rings is 1. The van der Waals surface area contributed by atoms with E-state index in [-0.39, 0.29) is 6.03 Å². The summed E-state index contributed by atoms with van der Waals surface area (Å²) in [6, 6.07) is 14.5. The molecule has 26 heavy (non-hydrogen) atoms. The maximum Gasteiger partial charge on any atom is 0.321 e. The lowest BCUT2D eigenvalue weighted by molar-refractivity contribution is 0.208. The lowest BCUT2D eigenvalue weighted by Crippen LogP contribution is -2.50. The Balaban J connectivity index is 1.63. The molecule has 0 aromatic heterocycles. The van der Waals surface area contributed by atoms with Crippen molar-refractivity contribution in [1.82, 2.24) is 4.90 Å². The van der Waals surface area contributed by atoms with Crippen LogP contribution >= 0.6 is 0 Å². The van der Waals surface area contributed by atoms with Crippen molar-refractivity contribution in [1.29, 1.82) is 0 Å². The first kappa shape index (κ1) is 18.3. The molecule has 1 heterocycles. The molecule has 2 aromatic carbocycles. The van der Waals surface area contributed by atoms with Crippen LogP contribution in [0.1, 0.15) is 36.5 Å². The van der Waals surface area contributed by atoms with Gasteiger partial charge < -0.3 is 15.1 Å². The molecule has 0 atom stereocenters. The number of carbonyl (C=O) groups excluding carboxylic acids is 1. The van der Waals surface area contributed by atoms with Gasteiger partial charge in [0.25, 0.3) is 0 Å². The summed E-state index contributed by atoms with van der Waals surface area (Å²) < 4.78 is 0. The van der Waals surface area contributed by atoms with E-state index in [4.69, 9.17) is 0 Å². The fourth-order valence-corrected chi connectivity index (χ4v) is 3.54. The smallest absolute Gasteiger partial charge is 0.321 e.